The van der Waals surface area contributed by atoms with Crippen molar-refractivity contribution in [2.24, 2.45) is 5.92 Å². The lowest BCUT2D eigenvalue weighted by molar-refractivity contribution is 0.190. The molecule has 33 heavy (non-hydrogen) atoms. The summed E-state index contributed by atoms with van der Waals surface area (Å²) < 4.78 is 12.4. The summed E-state index contributed by atoms with van der Waals surface area (Å²) in [6, 6.07) is 20.6. The summed E-state index contributed by atoms with van der Waals surface area (Å²) in [5.74, 6) is 2.83. The van der Waals surface area contributed by atoms with Gasteiger partial charge in [-0.1, -0.05) is 31.2 Å². The summed E-state index contributed by atoms with van der Waals surface area (Å²) in [7, 11) is 0. The number of hydrogen-bond acceptors (Lipinski definition) is 6. The molecule has 1 saturated heterocycles. The average molecular weight is 464 g/mol. The molecule has 2 heterocycles. The van der Waals surface area contributed by atoms with Crippen molar-refractivity contribution < 1.29 is 19.7 Å². The van der Waals surface area contributed by atoms with Gasteiger partial charge in [0.05, 0.1) is 10.1 Å². The van der Waals surface area contributed by atoms with E-state index in [1.165, 1.54) is 6.42 Å². The van der Waals surface area contributed by atoms with E-state index in [0.717, 1.165) is 53.1 Å². The van der Waals surface area contributed by atoms with Crippen LogP contribution in [0.5, 0.6) is 23.0 Å². The lowest BCUT2D eigenvalue weighted by Crippen LogP contribution is -2.25. The Morgan fingerprint density at radius 2 is 1.82 bits per heavy atom. The van der Waals surface area contributed by atoms with Gasteiger partial charge in [-0.3, -0.25) is 4.90 Å². The Labute approximate surface area is 199 Å². The zero-order chi connectivity index (χ0) is 22.8. The van der Waals surface area contributed by atoms with Crippen LogP contribution in [0.4, 0.5) is 0 Å². The van der Waals surface area contributed by atoms with Crippen LogP contribution < -0.4 is 9.47 Å². The Morgan fingerprint density at radius 1 is 1.00 bits per heavy atom. The van der Waals surface area contributed by atoms with E-state index >= 15 is 0 Å². The molecule has 172 valence electrons. The summed E-state index contributed by atoms with van der Waals surface area (Å²) >= 11 is 1.64. The van der Waals surface area contributed by atoms with E-state index in [1.54, 1.807) is 42.1 Å². The minimum atomic E-state index is -0.242. The second-order valence-electron chi connectivity index (χ2n) is 8.91. The maximum atomic E-state index is 10.0. The summed E-state index contributed by atoms with van der Waals surface area (Å²) in [5, 5.41) is 19.9. The van der Waals surface area contributed by atoms with Crippen LogP contribution in [0.3, 0.4) is 0 Å². The molecule has 5 rings (SSSR count). The molecule has 0 bridgehead atoms. The van der Waals surface area contributed by atoms with Gasteiger partial charge in [0.2, 0.25) is 0 Å². The van der Waals surface area contributed by atoms with Crippen LogP contribution in [-0.4, -0.2) is 41.4 Å². The van der Waals surface area contributed by atoms with Gasteiger partial charge in [-0.2, -0.15) is 0 Å². The molecule has 6 heteroatoms. The molecule has 0 saturated carbocycles. The number of likely N-dealkylation sites (tertiary alicyclic amines) is 1. The molecule has 2 N–H and O–H groups in total. The Kier molecular flexibility index (Phi) is 6.38. The van der Waals surface area contributed by atoms with Gasteiger partial charge in [-0.15, -0.1) is 11.8 Å². The third-order valence-electron chi connectivity index (χ3n) is 6.30. The fourth-order valence-corrected chi connectivity index (χ4v) is 5.86. The molecule has 3 aromatic rings. The van der Waals surface area contributed by atoms with E-state index in [1.807, 2.05) is 24.3 Å². The number of aromatic hydroxyl groups is 2. The Balaban J connectivity index is 1.33. The number of phenolic OH excluding ortho intramolecular Hbond substituents is 2. The van der Waals surface area contributed by atoms with Gasteiger partial charge in [-0.25, -0.2) is 0 Å². The first kappa shape index (κ1) is 22.0. The fraction of sp³-hybridized carbons (Fsp3) is 0.333. The van der Waals surface area contributed by atoms with Crippen LogP contribution in [-0.2, 0) is 0 Å². The van der Waals surface area contributed by atoms with Gasteiger partial charge in [0.1, 0.15) is 35.7 Å². The number of rotatable bonds is 6. The van der Waals surface area contributed by atoms with Crippen LogP contribution >= 0.6 is 11.8 Å². The molecule has 0 radical (unpaired) electrons. The zero-order valence-corrected chi connectivity index (χ0v) is 19.5. The van der Waals surface area contributed by atoms with Gasteiger partial charge >= 0.3 is 0 Å². The molecule has 0 aliphatic carbocycles. The number of thioether (sulfide) groups is 1. The van der Waals surface area contributed by atoms with E-state index in [2.05, 4.69) is 24.0 Å². The van der Waals surface area contributed by atoms with E-state index in [0.29, 0.717) is 6.61 Å². The van der Waals surface area contributed by atoms with Crippen LogP contribution in [0.1, 0.15) is 35.8 Å². The largest absolute Gasteiger partial charge is 0.508 e. The van der Waals surface area contributed by atoms with E-state index in [4.69, 9.17) is 9.47 Å². The Hall–Kier alpha value is -2.83. The van der Waals surface area contributed by atoms with Crippen LogP contribution in [0.25, 0.3) is 0 Å². The number of benzene rings is 3. The van der Waals surface area contributed by atoms with Gasteiger partial charge < -0.3 is 19.7 Å². The van der Waals surface area contributed by atoms with Crippen molar-refractivity contribution in [3.8, 4) is 23.0 Å². The molecular formula is C27H29NO4S. The standard InChI is InChI=1S/C27H29NO4S/c1-18-11-12-28(17-18)13-14-31-23-8-5-19(6-9-23)26-27(20-3-2-4-21(29)15-20)33-25-16-22(30)7-10-24(25)32-26/h2-10,15-16,18,26-27,29-30H,11-14,17H2,1H3/t18-,26-,27+/m0/s1. The fourth-order valence-electron chi connectivity index (χ4n) is 4.55. The van der Waals surface area contributed by atoms with Crippen molar-refractivity contribution in [3.05, 3.63) is 77.9 Å². The highest BCUT2D eigenvalue weighted by Crippen LogP contribution is 2.54. The zero-order valence-electron chi connectivity index (χ0n) is 18.7. The third kappa shape index (κ3) is 5.07. The van der Waals surface area contributed by atoms with Crippen molar-refractivity contribution in [3.63, 3.8) is 0 Å². The molecule has 0 spiro atoms. The number of fused-ring (bicyclic) bond motifs is 1. The molecule has 0 amide bonds. The predicted molar refractivity (Wildman–Crippen MR) is 130 cm³/mol. The number of hydrogen-bond donors (Lipinski definition) is 2. The first-order valence-corrected chi connectivity index (χ1v) is 12.3. The summed E-state index contributed by atoms with van der Waals surface area (Å²) in [4.78, 5) is 3.34. The second kappa shape index (κ2) is 9.57. The summed E-state index contributed by atoms with van der Waals surface area (Å²) in [6.45, 7) is 6.27. The topological polar surface area (TPSA) is 62.2 Å². The first-order chi connectivity index (χ1) is 16.0. The Bertz CT molecular complexity index is 1100. The van der Waals surface area contributed by atoms with Crippen molar-refractivity contribution >= 4 is 11.8 Å². The smallest absolute Gasteiger partial charge is 0.140 e. The van der Waals surface area contributed by atoms with Crippen molar-refractivity contribution in [1.29, 1.82) is 0 Å². The maximum Gasteiger partial charge on any atom is 0.140 e. The quantitative estimate of drug-likeness (QED) is 0.483. The van der Waals surface area contributed by atoms with Crippen LogP contribution in [0.15, 0.2) is 71.6 Å². The summed E-state index contributed by atoms with van der Waals surface area (Å²) in [6.07, 6.45) is 1.03. The lowest BCUT2D eigenvalue weighted by Gasteiger charge is -2.34. The summed E-state index contributed by atoms with van der Waals surface area (Å²) in [5.41, 5.74) is 2.01. The third-order valence-corrected chi connectivity index (χ3v) is 7.65. The minimum absolute atomic E-state index is 0.0738. The Morgan fingerprint density at radius 3 is 2.58 bits per heavy atom. The van der Waals surface area contributed by atoms with Crippen LogP contribution in [0.2, 0.25) is 0 Å². The number of nitrogens with zero attached hydrogens (tertiary/aromatic N) is 1. The van der Waals surface area contributed by atoms with Crippen molar-refractivity contribution in [1.82, 2.24) is 4.90 Å². The molecular weight excluding hydrogens is 434 g/mol. The first-order valence-electron chi connectivity index (χ1n) is 11.5. The van der Waals surface area contributed by atoms with E-state index < -0.39 is 0 Å². The van der Waals surface area contributed by atoms with E-state index in [-0.39, 0.29) is 22.9 Å². The van der Waals surface area contributed by atoms with Gasteiger partial charge in [0, 0.05) is 13.1 Å². The monoisotopic (exact) mass is 463 g/mol. The SMILES string of the molecule is C[C@H]1CCN(CCOc2ccc([C@@H]3Oc4ccc(O)cc4S[C@@H]3c3cccc(O)c3)cc2)C1. The van der Waals surface area contributed by atoms with Crippen LogP contribution in [0, 0.1) is 5.92 Å². The molecule has 3 aromatic carbocycles. The van der Waals surface area contributed by atoms with Gasteiger partial charge in [-0.05, 0) is 72.5 Å². The van der Waals surface area contributed by atoms with Crippen molar-refractivity contribution in [2.75, 3.05) is 26.2 Å². The second-order valence-corrected chi connectivity index (χ2v) is 10.1. The molecule has 5 nitrogen and oxygen atoms in total. The molecule has 1 fully saturated rings. The van der Waals surface area contributed by atoms with Crippen molar-refractivity contribution in [2.45, 2.75) is 29.6 Å². The maximum absolute atomic E-state index is 10.0. The predicted octanol–water partition coefficient (Wildman–Crippen LogP) is 5.79. The average Bonchev–Trinajstić information content (AvgIpc) is 3.23. The molecule has 0 unspecified atom stereocenters. The lowest BCUT2D eigenvalue weighted by atomic mass is 10.00. The highest BCUT2D eigenvalue weighted by molar-refractivity contribution is 7.99. The normalized spacial score (nSPS) is 22.5. The van der Waals surface area contributed by atoms with Gasteiger partial charge in [0.25, 0.3) is 0 Å². The molecule has 3 atom stereocenters. The number of ether oxygens (including phenoxy) is 2. The molecule has 2 aliphatic heterocycles. The van der Waals surface area contributed by atoms with Gasteiger partial charge in [0.15, 0.2) is 0 Å². The number of phenols is 2. The highest BCUT2D eigenvalue weighted by Gasteiger charge is 2.34. The molecule has 0 aromatic heterocycles. The highest BCUT2D eigenvalue weighted by atomic mass is 32.2. The molecule has 2 aliphatic rings. The minimum Gasteiger partial charge on any atom is -0.508 e. The van der Waals surface area contributed by atoms with E-state index in [9.17, 15) is 10.2 Å².